The highest BCUT2D eigenvalue weighted by Gasteiger charge is 2.14. The number of hydrogen-bond donors (Lipinski definition) is 1. The lowest BCUT2D eigenvalue weighted by atomic mass is 10.1. The Morgan fingerprint density at radius 1 is 1.00 bits per heavy atom. The van der Waals surface area contributed by atoms with Gasteiger partial charge >= 0.3 is 0 Å². The number of aromatic nitrogens is 2. The van der Waals surface area contributed by atoms with Crippen LogP contribution in [0.4, 0.5) is 5.69 Å². The Morgan fingerprint density at radius 2 is 1.81 bits per heavy atom. The van der Waals surface area contributed by atoms with Crippen molar-refractivity contribution in [2.24, 2.45) is 0 Å². The predicted molar refractivity (Wildman–Crippen MR) is 83.0 cm³/mol. The third-order valence-corrected chi connectivity index (χ3v) is 3.23. The molecule has 0 unspecified atom stereocenters. The van der Waals surface area contributed by atoms with Gasteiger partial charge in [0, 0.05) is 11.3 Å². The largest absolute Gasteiger partial charge is 0.418 e. The van der Waals surface area contributed by atoms with E-state index in [2.05, 4.69) is 15.5 Å². The normalized spacial score (nSPS) is 12.1. The maximum atomic E-state index is 5.77. The van der Waals surface area contributed by atoms with Crippen LogP contribution in [-0.4, -0.2) is 10.2 Å². The fourth-order valence-electron chi connectivity index (χ4n) is 2.15. The molecule has 1 atom stereocenters. The van der Waals surface area contributed by atoms with Gasteiger partial charge < -0.3 is 9.73 Å². The molecule has 1 aromatic heterocycles. The van der Waals surface area contributed by atoms with Crippen LogP contribution in [0.2, 0.25) is 0 Å². The molecule has 0 aliphatic heterocycles. The third kappa shape index (κ3) is 3.11. The van der Waals surface area contributed by atoms with E-state index in [1.54, 1.807) is 0 Å². The molecule has 0 saturated heterocycles. The molecule has 0 radical (unpaired) electrons. The Morgan fingerprint density at radius 3 is 2.57 bits per heavy atom. The maximum absolute atomic E-state index is 5.77. The van der Waals surface area contributed by atoms with E-state index in [4.69, 9.17) is 4.42 Å². The zero-order valence-electron chi connectivity index (χ0n) is 12.1. The molecule has 0 amide bonds. The maximum Gasteiger partial charge on any atom is 0.247 e. The van der Waals surface area contributed by atoms with Crippen LogP contribution in [0.25, 0.3) is 11.5 Å². The molecule has 1 heterocycles. The van der Waals surface area contributed by atoms with E-state index in [0.29, 0.717) is 11.8 Å². The molecule has 0 fully saturated rings. The molecule has 4 heteroatoms. The topological polar surface area (TPSA) is 51.0 Å². The van der Waals surface area contributed by atoms with Crippen molar-refractivity contribution in [2.45, 2.75) is 19.9 Å². The van der Waals surface area contributed by atoms with Gasteiger partial charge in [-0.2, -0.15) is 0 Å². The Balaban J connectivity index is 1.78. The molecule has 1 N–H and O–H groups in total. The van der Waals surface area contributed by atoms with Gasteiger partial charge in [0.15, 0.2) is 0 Å². The van der Waals surface area contributed by atoms with E-state index in [9.17, 15) is 0 Å². The van der Waals surface area contributed by atoms with Gasteiger partial charge in [-0.25, -0.2) is 0 Å². The molecule has 4 nitrogen and oxygen atoms in total. The summed E-state index contributed by atoms with van der Waals surface area (Å²) in [4.78, 5) is 0. The van der Waals surface area contributed by atoms with Crippen molar-refractivity contribution in [2.75, 3.05) is 5.32 Å². The summed E-state index contributed by atoms with van der Waals surface area (Å²) in [6.07, 6.45) is 0. The van der Waals surface area contributed by atoms with Gasteiger partial charge in [-0.15, -0.1) is 10.2 Å². The zero-order valence-corrected chi connectivity index (χ0v) is 12.1. The SMILES string of the molecule is Cc1cccc(-c2nnc([C@@H](C)Nc3ccccc3)o2)c1. The minimum atomic E-state index is -0.0431. The summed E-state index contributed by atoms with van der Waals surface area (Å²) in [5, 5.41) is 11.6. The Hall–Kier alpha value is -2.62. The molecule has 0 aliphatic carbocycles. The smallest absolute Gasteiger partial charge is 0.247 e. The minimum absolute atomic E-state index is 0.0431. The van der Waals surface area contributed by atoms with Gasteiger partial charge in [0.05, 0.1) is 0 Å². The average molecular weight is 279 g/mol. The number of para-hydroxylation sites is 1. The van der Waals surface area contributed by atoms with E-state index < -0.39 is 0 Å². The van der Waals surface area contributed by atoms with Crippen LogP contribution in [0.1, 0.15) is 24.4 Å². The molecule has 0 spiro atoms. The average Bonchev–Trinajstić information content (AvgIpc) is 2.98. The van der Waals surface area contributed by atoms with Gasteiger partial charge in [0.1, 0.15) is 6.04 Å². The number of benzene rings is 2. The number of anilines is 1. The van der Waals surface area contributed by atoms with E-state index in [1.807, 2.05) is 68.4 Å². The predicted octanol–water partition coefficient (Wildman–Crippen LogP) is 4.22. The number of aryl methyl sites for hydroxylation is 1. The zero-order chi connectivity index (χ0) is 14.7. The Kier molecular flexibility index (Phi) is 3.69. The molecule has 21 heavy (non-hydrogen) atoms. The first kappa shape index (κ1) is 13.4. The molecule has 0 saturated carbocycles. The second-order valence-electron chi connectivity index (χ2n) is 5.05. The van der Waals surface area contributed by atoms with Crippen molar-refractivity contribution in [3.63, 3.8) is 0 Å². The summed E-state index contributed by atoms with van der Waals surface area (Å²) in [7, 11) is 0. The molecule has 3 aromatic rings. The van der Waals surface area contributed by atoms with Crippen molar-refractivity contribution < 1.29 is 4.42 Å². The quantitative estimate of drug-likeness (QED) is 0.777. The monoisotopic (exact) mass is 279 g/mol. The molecule has 0 bridgehead atoms. The summed E-state index contributed by atoms with van der Waals surface area (Å²) >= 11 is 0. The van der Waals surface area contributed by atoms with E-state index in [1.165, 1.54) is 5.56 Å². The molecular formula is C17H17N3O. The van der Waals surface area contributed by atoms with E-state index in [0.717, 1.165) is 11.3 Å². The fourth-order valence-corrected chi connectivity index (χ4v) is 2.15. The van der Waals surface area contributed by atoms with Gasteiger partial charge in [-0.05, 0) is 38.1 Å². The standard InChI is InChI=1S/C17H17N3O/c1-12-7-6-8-14(11-12)17-20-19-16(21-17)13(2)18-15-9-4-3-5-10-15/h3-11,13,18H,1-2H3/t13-/m1/s1. The first-order valence-electron chi connectivity index (χ1n) is 6.94. The summed E-state index contributed by atoms with van der Waals surface area (Å²) in [6, 6.07) is 18.0. The second kappa shape index (κ2) is 5.79. The highest BCUT2D eigenvalue weighted by molar-refractivity contribution is 5.53. The first-order valence-corrected chi connectivity index (χ1v) is 6.94. The number of rotatable bonds is 4. The van der Waals surface area contributed by atoms with Crippen LogP contribution < -0.4 is 5.32 Å². The van der Waals surface area contributed by atoms with Gasteiger partial charge in [-0.3, -0.25) is 0 Å². The van der Waals surface area contributed by atoms with Gasteiger partial charge in [0.25, 0.3) is 0 Å². The lowest BCUT2D eigenvalue weighted by molar-refractivity contribution is 0.485. The van der Waals surface area contributed by atoms with E-state index >= 15 is 0 Å². The lowest BCUT2D eigenvalue weighted by Gasteiger charge is -2.10. The molecule has 2 aromatic carbocycles. The van der Waals surface area contributed by atoms with Gasteiger partial charge in [0.2, 0.25) is 11.8 Å². The van der Waals surface area contributed by atoms with Crippen molar-refractivity contribution >= 4 is 5.69 Å². The first-order chi connectivity index (χ1) is 10.2. The van der Waals surface area contributed by atoms with Crippen LogP contribution in [-0.2, 0) is 0 Å². The molecule has 3 rings (SSSR count). The summed E-state index contributed by atoms with van der Waals surface area (Å²) in [5.74, 6) is 1.13. The number of nitrogens with zero attached hydrogens (tertiary/aromatic N) is 2. The Labute approximate surface area is 123 Å². The van der Waals surface area contributed by atoms with Crippen LogP contribution in [0.15, 0.2) is 59.0 Å². The van der Waals surface area contributed by atoms with Crippen molar-refractivity contribution in [1.82, 2.24) is 10.2 Å². The highest BCUT2D eigenvalue weighted by atomic mass is 16.4. The Bertz CT molecular complexity index is 722. The molecule has 0 aliphatic rings. The summed E-state index contributed by atoms with van der Waals surface area (Å²) < 4.78 is 5.77. The molecule has 106 valence electrons. The lowest BCUT2D eigenvalue weighted by Crippen LogP contribution is -2.06. The van der Waals surface area contributed by atoms with Crippen molar-refractivity contribution in [1.29, 1.82) is 0 Å². The van der Waals surface area contributed by atoms with Crippen LogP contribution in [0.5, 0.6) is 0 Å². The van der Waals surface area contributed by atoms with Gasteiger partial charge in [-0.1, -0.05) is 35.9 Å². The summed E-state index contributed by atoms with van der Waals surface area (Å²) in [5.41, 5.74) is 3.14. The van der Waals surface area contributed by atoms with E-state index in [-0.39, 0.29) is 6.04 Å². The summed E-state index contributed by atoms with van der Waals surface area (Å²) in [6.45, 7) is 4.04. The molecular weight excluding hydrogens is 262 g/mol. The number of hydrogen-bond acceptors (Lipinski definition) is 4. The third-order valence-electron chi connectivity index (χ3n) is 3.23. The fraction of sp³-hybridized carbons (Fsp3) is 0.176. The van der Waals surface area contributed by atoms with Crippen LogP contribution >= 0.6 is 0 Å². The minimum Gasteiger partial charge on any atom is -0.418 e. The number of nitrogens with one attached hydrogen (secondary N) is 1. The van der Waals surface area contributed by atoms with Crippen LogP contribution in [0.3, 0.4) is 0 Å². The van der Waals surface area contributed by atoms with Crippen LogP contribution in [0, 0.1) is 6.92 Å². The van der Waals surface area contributed by atoms with Crippen molar-refractivity contribution in [3.8, 4) is 11.5 Å². The van der Waals surface area contributed by atoms with Crippen molar-refractivity contribution in [3.05, 3.63) is 66.1 Å². The highest BCUT2D eigenvalue weighted by Crippen LogP contribution is 2.23. The second-order valence-corrected chi connectivity index (χ2v) is 5.05.